The van der Waals surface area contributed by atoms with Crippen LogP contribution in [0.3, 0.4) is 0 Å². The van der Waals surface area contributed by atoms with Gasteiger partial charge < -0.3 is 30.2 Å². The van der Waals surface area contributed by atoms with Crippen LogP contribution in [0.2, 0.25) is 0 Å². The van der Waals surface area contributed by atoms with E-state index in [-0.39, 0.29) is 24.2 Å². The van der Waals surface area contributed by atoms with E-state index in [4.69, 9.17) is 19.9 Å². The number of anilines is 2. The van der Waals surface area contributed by atoms with Crippen molar-refractivity contribution in [2.75, 3.05) is 58.2 Å². The molecule has 1 saturated heterocycles. The number of ether oxygens (including phenoxy) is 3. The van der Waals surface area contributed by atoms with E-state index in [2.05, 4.69) is 15.3 Å². The number of benzene rings is 1. The zero-order valence-corrected chi connectivity index (χ0v) is 17.8. The third-order valence-electron chi connectivity index (χ3n) is 4.83. The molecule has 1 amide bonds. The number of fused-ring (bicyclic) bond motifs is 1. The van der Waals surface area contributed by atoms with Crippen LogP contribution in [0.4, 0.5) is 11.8 Å². The average Bonchev–Trinajstić information content (AvgIpc) is 3.24. The highest BCUT2D eigenvalue weighted by atomic mass is 35.5. The minimum absolute atomic E-state index is 0. The predicted octanol–water partition coefficient (Wildman–Crippen LogP) is 1.63. The number of aromatic nitrogens is 2. The largest absolute Gasteiger partial charge is 0.493 e. The first-order chi connectivity index (χ1) is 13.5. The molecule has 29 heavy (non-hydrogen) atoms. The summed E-state index contributed by atoms with van der Waals surface area (Å²) < 4.78 is 15.9. The molecule has 2 heterocycles. The Morgan fingerprint density at radius 3 is 2.69 bits per heavy atom. The Morgan fingerprint density at radius 2 is 2.03 bits per heavy atom. The molecule has 1 atom stereocenters. The van der Waals surface area contributed by atoms with Gasteiger partial charge in [0.15, 0.2) is 11.5 Å². The monoisotopic (exact) mass is 425 g/mol. The number of carbonyl (C=O) groups is 1. The molecule has 1 fully saturated rings. The number of rotatable bonds is 8. The van der Waals surface area contributed by atoms with Gasteiger partial charge in [0.25, 0.3) is 0 Å². The molecule has 0 radical (unpaired) electrons. The van der Waals surface area contributed by atoms with Crippen molar-refractivity contribution >= 4 is 41.0 Å². The van der Waals surface area contributed by atoms with Crippen molar-refractivity contribution in [2.24, 2.45) is 5.92 Å². The molecule has 1 aliphatic heterocycles. The van der Waals surface area contributed by atoms with Gasteiger partial charge >= 0.3 is 0 Å². The number of methoxy groups -OCH3 is 2. The molecule has 10 heteroatoms. The van der Waals surface area contributed by atoms with Gasteiger partial charge in [0.05, 0.1) is 32.3 Å². The second-order valence-corrected chi connectivity index (χ2v) is 6.76. The number of nitrogens with two attached hydrogens (primary N) is 1. The minimum Gasteiger partial charge on any atom is -0.493 e. The maximum Gasteiger partial charge on any atom is 0.227 e. The van der Waals surface area contributed by atoms with Crippen LogP contribution in [-0.4, -0.2) is 63.4 Å². The fraction of sp³-hybridized carbons (Fsp3) is 0.526. The van der Waals surface area contributed by atoms with Gasteiger partial charge in [-0.3, -0.25) is 4.79 Å². The molecule has 0 saturated carbocycles. The van der Waals surface area contributed by atoms with Crippen LogP contribution < -0.4 is 25.4 Å². The third-order valence-corrected chi connectivity index (χ3v) is 4.83. The van der Waals surface area contributed by atoms with Gasteiger partial charge in [0.2, 0.25) is 11.9 Å². The number of hydrogen-bond acceptors (Lipinski definition) is 8. The summed E-state index contributed by atoms with van der Waals surface area (Å²) in [7, 11) is 5.04. The number of halogens is 1. The van der Waals surface area contributed by atoms with Crippen molar-refractivity contribution in [1.82, 2.24) is 15.3 Å². The van der Waals surface area contributed by atoms with Gasteiger partial charge in [-0.1, -0.05) is 0 Å². The molecule has 1 aromatic heterocycles. The molecule has 1 aliphatic rings. The number of nitrogen functional groups attached to an aromatic ring is 1. The Bertz CT molecular complexity index is 845. The van der Waals surface area contributed by atoms with Gasteiger partial charge in [-0.2, -0.15) is 4.98 Å². The zero-order chi connectivity index (χ0) is 20.1. The van der Waals surface area contributed by atoms with E-state index in [1.807, 2.05) is 11.9 Å². The number of nitrogens with one attached hydrogen (secondary N) is 1. The summed E-state index contributed by atoms with van der Waals surface area (Å²) in [5.41, 5.74) is 6.81. The molecule has 0 bridgehead atoms. The van der Waals surface area contributed by atoms with E-state index >= 15 is 0 Å². The van der Waals surface area contributed by atoms with Gasteiger partial charge in [-0.25, -0.2) is 4.98 Å². The van der Waals surface area contributed by atoms with Gasteiger partial charge in [0, 0.05) is 38.2 Å². The Morgan fingerprint density at radius 1 is 1.31 bits per heavy atom. The maximum atomic E-state index is 12.0. The zero-order valence-electron chi connectivity index (χ0n) is 16.9. The number of carbonyl (C=O) groups excluding carboxylic acids is 1. The normalized spacial score (nSPS) is 15.6. The van der Waals surface area contributed by atoms with Crippen LogP contribution >= 0.6 is 12.4 Å². The van der Waals surface area contributed by atoms with Crippen molar-refractivity contribution in [3.05, 3.63) is 12.1 Å². The Labute approximate surface area is 176 Å². The fourth-order valence-corrected chi connectivity index (χ4v) is 3.15. The van der Waals surface area contributed by atoms with Crippen LogP contribution in [0.1, 0.15) is 12.8 Å². The van der Waals surface area contributed by atoms with E-state index in [1.165, 1.54) is 0 Å². The quantitative estimate of drug-likeness (QED) is 0.614. The summed E-state index contributed by atoms with van der Waals surface area (Å²) >= 11 is 0. The second kappa shape index (κ2) is 10.3. The van der Waals surface area contributed by atoms with Crippen LogP contribution in [-0.2, 0) is 9.53 Å². The summed E-state index contributed by atoms with van der Waals surface area (Å²) in [6.07, 6.45) is 1.56. The molecule has 3 N–H and O–H groups in total. The maximum absolute atomic E-state index is 12.0. The first-order valence-corrected chi connectivity index (χ1v) is 9.29. The van der Waals surface area contributed by atoms with E-state index in [9.17, 15) is 4.79 Å². The van der Waals surface area contributed by atoms with Gasteiger partial charge in [-0.05, 0) is 18.9 Å². The van der Waals surface area contributed by atoms with Crippen molar-refractivity contribution in [3.63, 3.8) is 0 Å². The van der Waals surface area contributed by atoms with Crippen LogP contribution in [0.25, 0.3) is 10.9 Å². The van der Waals surface area contributed by atoms with E-state index in [0.29, 0.717) is 60.5 Å². The highest BCUT2D eigenvalue weighted by molar-refractivity contribution is 5.91. The van der Waals surface area contributed by atoms with E-state index in [1.54, 1.807) is 26.4 Å². The topological polar surface area (TPSA) is 112 Å². The standard InChI is InChI=1S/C19H27N5O4.ClH/c1-24(7-4-6-21-18(25)12-5-8-28-11-12)19-22-14-10-16(27-3)15(26-2)9-13(14)17(20)23-19;/h9-10,12H,4-8,11H2,1-3H3,(H,21,25)(H2,20,22,23);1H. The van der Waals surface area contributed by atoms with Crippen LogP contribution in [0.15, 0.2) is 12.1 Å². The lowest BCUT2D eigenvalue weighted by atomic mass is 10.1. The molecular formula is C19H28ClN5O4. The van der Waals surface area contributed by atoms with Gasteiger partial charge in [-0.15, -0.1) is 12.4 Å². The van der Waals surface area contributed by atoms with Crippen molar-refractivity contribution in [1.29, 1.82) is 0 Å². The van der Waals surface area contributed by atoms with Crippen LogP contribution in [0, 0.1) is 5.92 Å². The molecule has 9 nitrogen and oxygen atoms in total. The Kier molecular flexibility index (Phi) is 8.10. The molecule has 0 spiro atoms. The Hall–Kier alpha value is -2.52. The molecule has 160 valence electrons. The van der Waals surface area contributed by atoms with Crippen molar-refractivity contribution in [3.8, 4) is 11.5 Å². The minimum atomic E-state index is -0.0201. The first kappa shape index (κ1) is 22.8. The van der Waals surface area contributed by atoms with E-state index < -0.39 is 0 Å². The van der Waals surface area contributed by atoms with Crippen molar-refractivity contribution in [2.45, 2.75) is 12.8 Å². The highest BCUT2D eigenvalue weighted by Crippen LogP contribution is 2.33. The smallest absolute Gasteiger partial charge is 0.227 e. The lowest BCUT2D eigenvalue weighted by Gasteiger charge is -2.19. The average molecular weight is 426 g/mol. The molecule has 1 unspecified atom stereocenters. The Balaban J connectivity index is 0.00000300. The summed E-state index contributed by atoms with van der Waals surface area (Å²) in [6, 6.07) is 3.56. The highest BCUT2D eigenvalue weighted by Gasteiger charge is 2.22. The number of nitrogens with zero attached hydrogens (tertiary/aromatic N) is 3. The summed E-state index contributed by atoms with van der Waals surface area (Å²) in [4.78, 5) is 22.9. The van der Waals surface area contributed by atoms with E-state index in [0.717, 1.165) is 12.8 Å². The van der Waals surface area contributed by atoms with Crippen LogP contribution in [0.5, 0.6) is 11.5 Å². The van der Waals surface area contributed by atoms with Crippen molar-refractivity contribution < 1.29 is 19.0 Å². The molecule has 1 aromatic carbocycles. The number of amides is 1. The van der Waals surface area contributed by atoms with Gasteiger partial charge in [0.1, 0.15) is 5.82 Å². The molecule has 0 aliphatic carbocycles. The summed E-state index contributed by atoms with van der Waals surface area (Å²) in [5, 5.41) is 3.67. The third kappa shape index (κ3) is 5.30. The fourth-order valence-electron chi connectivity index (χ4n) is 3.15. The first-order valence-electron chi connectivity index (χ1n) is 9.29. The molecule has 2 aromatic rings. The lowest BCUT2D eigenvalue weighted by molar-refractivity contribution is -0.124. The lowest BCUT2D eigenvalue weighted by Crippen LogP contribution is -2.33. The number of hydrogen-bond donors (Lipinski definition) is 2. The molecular weight excluding hydrogens is 398 g/mol. The molecule has 3 rings (SSSR count). The predicted molar refractivity (Wildman–Crippen MR) is 114 cm³/mol. The summed E-state index contributed by atoms with van der Waals surface area (Å²) in [5.74, 6) is 2.10. The second-order valence-electron chi connectivity index (χ2n) is 6.76. The summed E-state index contributed by atoms with van der Waals surface area (Å²) in [6.45, 7) is 2.45. The SMILES string of the molecule is COc1cc2nc(N(C)CCCNC(=O)C3CCOC3)nc(N)c2cc1OC.Cl.